The van der Waals surface area contributed by atoms with Gasteiger partial charge in [-0.15, -0.1) is 0 Å². The predicted octanol–water partition coefficient (Wildman–Crippen LogP) is 8.51. The van der Waals surface area contributed by atoms with Gasteiger partial charge in [0.1, 0.15) is 0 Å². The first-order valence-electron chi connectivity index (χ1n) is 6.24. The molecule has 0 aromatic carbocycles. The van der Waals surface area contributed by atoms with Gasteiger partial charge >= 0.3 is 0 Å². The van der Waals surface area contributed by atoms with Crippen molar-refractivity contribution in [1.82, 2.24) is 0 Å². The van der Waals surface area contributed by atoms with E-state index >= 15 is 0 Å². The lowest BCUT2D eigenvalue weighted by Gasteiger charge is -2.34. The minimum Gasteiger partial charge on any atom is -0.0852 e. The highest BCUT2D eigenvalue weighted by Gasteiger charge is 2.38. The lowest BCUT2D eigenvalue weighted by molar-refractivity contribution is 0.600. The summed E-state index contributed by atoms with van der Waals surface area (Å²) in [4.78, 5) is 0. The van der Waals surface area contributed by atoms with Crippen LogP contribution in [-0.2, 0) is 0 Å². The maximum atomic E-state index is 2.71. The molecule has 0 saturated carbocycles. The van der Waals surface area contributed by atoms with Gasteiger partial charge in [0.25, 0.3) is 0 Å². The third-order valence-electron chi connectivity index (χ3n) is 2.96. The van der Waals surface area contributed by atoms with Gasteiger partial charge in [-0.3, -0.25) is 0 Å². The normalized spacial score (nSPS) is 24.0. The first-order chi connectivity index (χ1) is 9.56. The van der Waals surface area contributed by atoms with E-state index < -0.39 is 0 Å². The van der Waals surface area contributed by atoms with Crippen LogP contribution in [-0.4, -0.2) is 35.8 Å². The number of rotatable bonds is 9. The lowest BCUT2D eigenvalue weighted by Crippen LogP contribution is -2.43. The van der Waals surface area contributed by atoms with Crippen LogP contribution in [0.3, 0.4) is 0 Å². The molecule has 21 heavy (non-hydrogen) atoms. The molecule has 0 aliphatic heterocycles. The van der Waals surface area contributed by atoms with Gasteiger partial charge in [-0.05, 0) is 5.92 Å². The van der Waals surface area contributed by atoms with Crippen LogP contribution in [0.2, 0.25) is 0 Å². The Morgan fingerprint density at radius 3 is 1.10 bits per heavy atom. The second-order valence-electron chi connectivity index (χ2n) is 5.03. The van der Waals surface area contributed by atoms with Gasteiger partial charge in [-0.2, -0.15) is 0 Å². The molecule has 0 aromatic heterocycles. The summed E-state index contributed by atoms with van der Waals surface area (Å²) in [5.74, 6) is 0.756. The van der Waals surface area contributed by atoms with E-state index in [1.807, 2.05) is 0 Å². The average Bonchev–Trinajstić information content (AvgIpc) is 2.48. The van der Waals surface area contributed by atoms with Crippen molar-refractivity contribution in [2.45, 2.75) is 45.2 Å². The fourth-order valence-corrected chi connectivity index (χ4v) is 14.3. The largest absolute Gasteiger partial charge is 0.0852 e. The number of hydrogen-bond donors (Lipinski definition) is 0. The summed E-state index contributed by atoms with van der Waals surface area (Å²) in [6.07, 6.45) is 0. The molecule has 0 amide bonds. The Hall–Kier alpha value is 6.57. The first kappa shape index (κ1) is 27.6. The molecular weight excluding hydrogens is 1290 g/mol. The van der Waals surface area contributed by atoms with Crippen molar-refractivity contribution in [2.75, 3.05) is 4.43 Å². The second kappa shape index (κ2) is 14.5. The topological polar surface area (TPSA) is 0 Å². The molecule has 0 spiro atoms. The lowest BCUT2D eigenvalue weighted by atomic mass is 10.0. The third kappa shape index (κ3) is 9.75. The van der Waals surface area contributed by atoms with Crippen LogP contribution in [0.5, 0.6) is 0 Å². The molecule has 0 aliphatic carbocycles. The van der Waals surface area contributed by atoms with Crippen molar-refractivity contribution in [2.24, 2.45) is 5.92 Å². The standard InChI is InChI=1S/C12H17I9/c1-4(2)6(15)8(17)10(19)12(21)11(20)9(18)7(16)5(14)3-13/h4-12H,3H2,1-2H3/t5-,6?,7?,8?,9-,10?,11-,12?/m0/s1. The molecule has 0 heterocycles. The Bertz CT molecular complexity index is 288. The van der Waals surface area contributed by atoms with Crippen molar-refractivity contribution < 1.29 is 0 Å². The maximum Gasteiger partial charge on any atom is 0.0366 e. The van der Waals surface area contributed by atoms with Crippen molar-refractivity contribution in [3.05, 3.63) is 0 Å². The van der Waals surface area contributed by atoms with Crippen LogP contribution < -0.4 is 0 Å². The van der Waals surface area contributed by atoms with Crippen molar-refractivity contribution in [3.63, 3.8) is 0 Å². The summed E-state index contributed by atoms with van der Waals surface area (Å²) in [6, 6.07) is 0. The number of alkyl halides is 9. The first-order valence-corrected chi connectivity index (χ1v) is 17.7. The van der Waals surface area contributed by atoms with Gasteiger partial charge in [-0.1, -0.05) is 217 Å². The van der Waals surface area contributed by atoms with E-state index in [-0.39, 0.29) is 0 Å². The Kier molecular flexibility index (Phi) is 19.1. The zero-order valence-corrected chi connectivity index (χ0v) is 30.7. The van der Waals surface area contributed by atoms with Crippen molar-refractivity contribution in [1.29, 1.82) is 0 Å². The van der Waals surface area contributed by atoms with Crippen LogP contribution in [0.4, 0.5) is 0 Å². The summed E-state index contributed by atoms with van der Waals surface area (Å²) >= 11 is 24.0. The molecule has 9 heteroatoms. The van der Waals surface area contributed by atoms with E-state index in [1.54, 1.807) is 0 Å². The van der Waals surface area contributed by atoms with Gasteiger partial charge in [0, 0.05) is 35.8 Å². The highest BCUT2D eigenvalue weighted by molar-refractivity contribution is 14.1. The molecule has 128 valence electrons. The summed E-state index contributed by atoms with van der Waals surface area (Å²) in [7, 11) is 0. The summed E-state index contributed by atoms with van der Waals surface area (Å²) < 4.78 is 7.14. The maximum absolute atomic E-state index is 2.71. The highest BCUT2D eigenvalue weighted by Crippen LogP contribution is 2.40. The summed E-state index contributed by atoms with van der Waals surface area (Å²) in [5, 5.41) is 0. The van der Waals surface area contributed by atoms with Crippen LogP contribution in [0.1, 0.15) is 13.8 Å². The Morgan fingerprint density at radius 2 is 0.810 bits per heavy atom. The zero-order valence-electron chi connectivity index (χ0n) is 11.3. The van der Waals surface area contributed by atoms with E-state index in [1.165, 1.54) is 4.43 Å². The van der Waals surface area contributed by atoms with E-state index in [2.05, 4.69) is 217 Å². The quantitative estimate of drug-likeness (QED) is 0.161. The second-order valence-corrected chi connectivity index (χ2v) is 17.6. The molecule has 0 radical (unpaired) electrons. The van der Waals surface area contributed by atoms with E-state index in [9.17, 15) is 0 Å². The fourth-order valence-electron chi connectivity index (χ4n) is 1.53. The van der Waals surface area contributed by atoms with Gasteiger partial charge in [0.2, 0.25) is 0 Å². The van der Waals surface area contributed by atoms with Gasteiger partial charge in [0.15, 0.2) is 0 Å². The summed E-state index contributed by atoms with van der Waals surface area (Å²) in [6.45, 7) is 4.69. The van der Waals surface area contributed by atoms with Crippen molar-refractivity contribution in [3.8, 4) is 0 Å². The monoisotopic (exact) mass is 1300 g/mol. The average molecular weight is 1300 g/mol. The highest BCUT2D eigenvalue weighted by atomic mass is 127. The molecule has 0 bridgehead atoms. The number of halogens is 9. The molecule has 0 saturated heterocycles. The SMILES string of the molecule is CC(C)C(I)C(I)C(I)C(I)[C@@H](I)[C@@H](I)C(I)[C@@H](I)CI. The molecule has 5 unspecified atom stereocenters. The van der Waals surface area contributed by atoms with Crippen molar-refractivity contribution >= 4 is 203 Å². The van der Waals surface area contributed by atoms with Crippen LogP contribution in [0.15, 0.2) is 0 Å². The molecule has 0 nitrogen and oxygen atoms in total. The third-order valence-corrected chi connectivity index (χ3v) is 28.0. The van der Waals surface area contributed by atoms with Crippen LogP contribution in [0, 0.1) is 5.92 Å². The van der Waals surface area contributed by atoms with Gasteiger partial charge in [-0.25, -0.2) is 0 Å². The molecule has 0 aliphatic rings. The van der Waals surface area contributed by atoms with E-state index in [0.29, 0.717) is 0 Å². The van der Waals surface area contributed by atoms with Crippen LogP contribution >= 0.6 is 203 Å². The Labute approximate surface area is 252 Å². The molecule has 0 rings (SSSR count). The molecule has 8 atom stereocenters. The zero-order chi connectivity index (χ0) is 16.9. The fraction of sp³-hybridized carbons (Fsp3) is 1.00. The van der Waals surface area contributed by atoms with E-state index in [4.69, 9.17) is 0 Å². The molecule has 0 aromatic rings. The predicted molar refractivity (Wildman–Crippen MR) is 176 cm³/mol. The Balaban J connectivity index is 4.79. The smallest absolute Gasteiger partial charge is 0.0366 e. The Morgan fingerprint density at radius 1 is 0.524 bits per heavy atom. The van der Waals surface area contributed by atoms with E-state index in [0.717, 1.165) is 37.3 Å². The van der Waals surface area contributed by atoms with Gasteiger partial charge in [0.05, 0.1) is 0 Å². The summed E-state index contributed by atoms with van der Waals surface area (Å²) in [5.41, 5.74) is 0. The number of hydrogen-bond acceptors (Lipinski definition) is 0. The minimum atomic E-state index is 0.721. The molecule has 0 fully saturated rings. The minimum absolute atomic E-state index is 0.721. The molecular formula is C12H17I9. The molecule has 0 N–H and O–H groups in total. The van der Waals surface area contributed by atoms with Gasteiger partial charge < -0.3 is 0 Å². The van der Waals surface area contributed by atoms with Crippen LogP contribution in [0.25, 0.3) is 0 Å².